The molecule has 0 aromatic heterocycles. The molecule has 330 valence electrons. The fourth-order valence-electron chi connectivity index (χ4n) is 6.69. The molecule has 0 aliphatic heterocycles. The van der Waals surface area contributed by atoms with E-state index in [-0.39, 0.29) is 31.1 Å². The number of allylic oxidation sites excluding steroid dienone is 8. The first-order valence-electron chi connectivity index (χ1n) is 24.1. The number of hydrogen-bond donors (Lipinski definition) is 0. The van der Waals surface area contributed by atoms with Crippen molar-refractivity contribution in [3.05, 3.63) is 48.6 Å². The third-order valence-electron chi connectivity index (χ3n) is 10.3. The Morgan fingerprint density at radius 3 is 1.09 bits per heavy atom. The van der Waals surface area contributed by atoms with Crippen molar-refractivity contribution in [2.45, 2.75) is 245 Å². The van der Waals surface area contributed by atoms with Gasteiger partial charge < -0.3 is 14.2 Å². The lowest BCUT2D eigenvalue weighted by Gasteiger charge is -2.18. The molecule has 57 heavy (non-hydrogen) atoms. The molecular weight excluding hydrogens is 709 g/mol. The Hall–Kier alpha value is -2.63. The summed E-state index contributed by atoms with van der Waals surface area (Å²) in [6.45, 7) is 6.42. The van der Waals surface area contributed by atoms with E-state index in [9.17, 15) is 14.4 Å². The predicted octanol–water partition coefficient (Wildman–Crippen LogP) is 15.5. The Labute approximate surface area is 352 Å². The first kappa shape index (κ1) is 54.4. The van der Waals surface area contributed by atoms with Crippen molar-refractivity contribution in [3.63, 3.8) is 0 Å². The summed E-state index contributed by atoms with van der Waals surface area (Å²) in [5.74, 6) is -0.912. The summed E-state index contributed by atoms with van der Waals surface area (Å²) >= 11 is 0. The second-order valence-electron chi connectivity index (χ2n) is 16.0. The van der Waals surface area contributed by atoms with Crippen molar-refractivity contribution in [1.82, 2.24) is 0 Å². The summed E-state index contributed by atoms with van der Waals surface area (Å²) < 4.78 is 16.6. The van der Waals surface area contributed by atoms with Crippen LogP contribution in [0.4, 0.5) is 0 Å². The molecule has 0 heterocycles. The van der Waals surface area contributed by atoms with Gasteiger partial charge in [-0.3, -0.25) is 14.4 Å². The molecule has 0 aromatic carbocycles. The smallest absolute Gasteiger partial charge is 0.306 e. The SMILES string of the molecule is CC/C=C\C/C=C\C/C=C\CCCCCCCC(=O)OC(COC(=O)CCCCCCC)COC(=O)CCCCCCCCCCC/C=C\CCCCCCCC. The van der Waals surface area contributed by atoms with Crippen LogP contribution >= 0.6 is 0 Å². The van der Waals surface area contributed by atoms with Crippen LogP contribution in [0.1, 0.15) is 239 Å². The van der Waals surface area contributed by atoms with Crippen molar-refractivity contribution in [1.29, 1.82) is 0 Å². The zero-order valence-electron chi connectivity index (χ0n) is 37.6. The van der Waals surface area contributed by atoms with Gasteiger partial charge in [-0.05, 0) is 77.0 Å². The topological polar surface area (TPSA) is 78.9 Å². The van der Waals surface area contributed by atoms with Crippen LogP contribution in [0.25, 0.3) is 0 Å². The lowest BCUT2D eigenvalue weighted by molar-refractivity contribution is -0.167. The molecule has 0 aromatic rings. The van der Waals surface area contributed by atoms with Gasteiger partial charge in [0.1, 0.15) is 13.2 Å². The minimum Gasteiger partial charge on any atom is -0.462 e. The molecule has 6 nitrogen and oxygen atoms in total. The Morgan fingerprint density at radius 2 is 0.684 bits per heavy atom. The molecule has 0 aliphatic rings. The van der Waals surface area contributed by atoms with Gasteiger partial charge in [0.2, 0.25) is 0 Å². The van der Waals surface area contributed by atoms with E-state index < -0.39 is 6.10 Å². The molecule has 0 bridgehead atoms. The fourth-order valence-corrected chi connectivity index (χ4v) is 6.69. The Balaban J connectivity index is 4.19. The van der Waals surface area contributed by atoms with Gasteiger partial charge in [-0.15, -0.1) is 0 Å². The fraction of sp³-hybridized carbons (Fsp3) is 0.784. The molecule has 6 heteroatoms. The zero-order chi connectivity index (χ0) is 41.5. The van der Waals surface area contributed by atoms with Crippen molar-refractivity contribution in [2.75, 3.05) is 13.2 Å². The summed E-state index contributed by atoms with van der Waals surface area (Å²) in [5.41, 5.74) is 0. The van der Waals surface area contributed by atoms with Gasteiger partial charge in [0.05, 0.1) is 0 Å². The molecular formula is C51H90O6. The second kappa shape index (κ2) is 46.1. The molecule has 0 aliphatic carbocycles. The highest BCUT2D eigenvalue weighted by Gasteiger charge is 2.19. The Kier molecular flexibility index (Phi) is 43.9. The van der Waals surface area contributed by atoms with E-state index in [1.165, 1.54) is 96.3 Å². The van der Waals surface area contributed by atoms with Gasteiger partial charge in [-0.2, -0.15) is 0 Å². The highest BCUT2D eigenvalue weighted by molar-refractivity contribution is 5.71. The third kappa shape index (κ3) is 44.3. The molecule has 0 radical (unpaired) electrons. The number of unbranched alkanes of at least 4 members (excludes halogenated alkanes) is 24. The lowest BCUT2D eigenvalue weighted by Crippen LogP contribution is -2.30. The van der Waals surface area contributed by atoms with Crippen LogP contribution in [0.15, 0.2) is 48.6 Å². The summed E-state index contributed by atoms with van der Waals surface area (Å²) in [7, 11) is 0. The van der Waals surface area contributed by atoms with E-state index in [4.69, 9.17) is 14.2 Å². The van der Waals surface area contributed by atoms with Crippen LogP contribution in [0.3, 0.4) is 0 Å². The summed E-state index contributed by atoms with van der Waals surface area (Å²) in [4.78, 5) is 37.6. The maximum Gasteiger partial charge on any atom is 0.306 e. The minimum absolute atomic E-state index is 0.0809. The van der Waals surface area contributed by atoms with E-state index in [0.717, 1.165) is 103 Å². The van der Waals surface area contributed by atoms with Gasteiger partial charge in [-0.1, -0.05) is 191 Å². The van der Waals surface area contributed by atoms with Crippen LogP contribution in [0.5, 0.6) is 0 Å². The molecule has 0 saturated heterocycles. The van der Waals surface area contributed by atoms with Gasteiger partial charge in [0, 0.05) is 19.3 Å². The normalized spacial score (nSPS) is 12.4. The van der Waals surface area contributed by atoms with Crippen LogP contribution < -0.4 is 0 Å². The molecule has 0 amide bonds. The maximum atomic E-state index is 12.7. The van der Waals surface area contributed by atoms with Crippen LogP contribution in [-0.4, -0.2) is 37.2 Å². The van der Waals surface area contributed by atoms with E-state index in [1.54, 1.807) is 0 Å². The lowest BCUT2D eigenvalue weighted by atomic mass is 10.1. The van der Waals surface area contributed by atoms with E-state index in [2.05, 4.69) is 69.4 Å². The molecule has 1 unspecified atom stereocenters. The van der Waals surface area contributed by atoms with Crippen molar-refractivity contribution in [2.24, 2.45) is 0 Å². The molecule has 0 N–H and O–H groups in total. The first-order chi connectivity index (χ1) is 28.0. The van der Waals surface area contributed by atoms with E-state index in [1.807, 2.05) is 0 Å². The Morgan fingerprint density at radius 1 is 0.368 bits per heavy atom. The summed E-state index contributed by atoms with van der Waals surface area (Å²) in [6.07, 6.45) is 54.1. The van der Waals surface area contributed by atoms with Gasteiger partial charge in [0.15, 0.2) is 6.10 Å². The standard InChI is InChI=1S/C51H90O6/c1-4-7-10-13-15-17-19-21-23-24-25-26-28-29-31-33-35-38-41-44-50(53)56-47-48(46-55-49(52)43-40-37-12-9-6-3)57-51(54)45-42-39-36-34-32-30-27-22-20-18-16-14-11-8-5-2/h8,11,16,18,21-23,27,48H,4-7,9-10,12-15,17,19-20,24-26,28-47H2,1-3H3/b11-8-,18-16-,23-21-,27-22-. The van der Waals surface area contributed by atoms with E-state index >= 15 is 0 Å². The van der Waals surface area contributed by atoms with Crippen LogP contribution in [0, 0.1) is 0 Å². The molecule has 1 atom stereocenters. The first-order valence-corrected chi connectivity index (χ1v) is 24.1. The number of rotatable bonds is 43. The number of ether oxygens (including phenoxy) is 3. The van der Waals surface area contributed by atoms with E-state index in [0.29, 0.717) is 19.3 Å². The monoisotopic (exact) mass is 799 g/mol. The quantitative estimate of drug-likeness (QED) is 0.0265. The van der Waals surface area contributed by atoms with Gasteiger partial charge in [0.25, 0.3) is 0 Å². The maximum absolute atomic E-state index is 12.7. The number of esters is 3. The van der Waals surface area contributed by atoms with Crippen molar-refractivity contribution >= 4 is 17.9 Å². The number of carbonyl (C=O) groups excluding carboxylic acids is 3. The molecule has 0 spiro atoms. The number of hydrogen-bond acceptors (Lipinski definition) is 6. The molecule has 0 fully saturated rings. The van der Waals surface area contributed by atoms with Crippen LogP contribution in [0.2, 0.25) is 0 Å². The Bertz CT molecular complexity index is 1010. The predicted molar refractivity (Wildman–Crippen MR) is 242 cm³/mol. The summed E-state index contributed by atoms with van der Waals surface area (Å²) in [5, 5.41) is 0. The second-order valence-corrected chi connectivity index (χ2v) is 16.0. The average Bonchev–Trinajstić information content (AvgIpc) is 3.21. The third-order valence-corrected chi connectivity index (χ3v) is 10.3. The van der Waals surface area contributed by atoms with Gasteiger partial charge >= 0.3 is 17.9 Å². The number of carbonyl (C=O) groups is 3. The zero-order valence-corrected chi connectivity index (χ0v) is 37.6. The minimum atomic E-state index is -0.777. The highest BCUT2D eigenvalue weighted by Crippen LogP contribution is 2.14. The van der Waals surface area contributed by atoms with Gasteiger partial charge in [-0.25, -0.2) is 0 Å². The van der Waals surface area contributed by atoms with Crippen molar-refractivity contribution < 1.29 is 28.6 Å². The average molecular weight is 799 g/mol. The molecule has 0 saturated carbocycles. The summed E-state index contributed by atoms with van der Waals surface area (Å²) in [6, 6.07) is 0. The van der Waals surface area contributed by atoms with Crippen LogP contribution in [-0.2, 0) is 28.6 Å². The van der Waals surface area contributed by atoms with Crippen molar-refractivity contribution in [3.8, 4) is 0 Å². The molecule has 0 rings (SSSR count). The highest BCUT2D eigenvalue weighted by atomic mass is 16.6. The largest absolute Gasteiger partial charge is 0.462 e.